The fourth-order valence-corrected chi connectivity index (χ4v) is 2.81. The third-order valence-corrected chi connectivity index (χ3v) is 4.03. The standard InChI is InChI=1S/C18H23N3/c1-2-11-21(12-3-1)15-16-6-8-18(9-7-16)20-14-17-5-4-10-19-13-17/h4-10,13,20H,1-3,11-12,14-15H2. The van der Waals surface area contributed by atoms with Gasteiger partial charge in [-0.3, -0.25) is 9.88 Å². The number of rotatable bonds is 5. The monoisotopic (exact) mass is 281 g/mol. The maximum Gasteiger partial charge on any atom is 0.0416 e. The minimum Gasteiger partial charge on any atom is -0.381 e. The topological polar surface area (TPSA) is 28.2 Å². The van der Waals surface area contributed by atoms with Gasteiger partial charge in [-0.15, -0.1) is 0 Å². The van der Waals surface area contributed by atoms with Crippen LogP contribution >= 0.6 is 0 Å². The minimum absolute atomic E-state index is 0.819. The number of nitrogens with zero attached hydrogens (tertiary/aromatic N) is 2. The number of benzene rings is 1. The average Bonchev–Trinajstić information content (AvgIpc) is 2.56. The third kappa shape index (κ3) is 4.30. The lowest BCUT2D eigenvalue weighted by Gasteiger charge is -2.26. The van der Waals surface area contributed by atoms with Crippen LogP contribution < -0.4 is 5.32 Å². The van der Waals surface area contributed by atoms with E-state index in [0.29, 0.717) is 0 Å². The van der Waals surface area contributed by atoms with Crippen molar-refractivity contribution in [2.75, 3.05) is 18.4 Å². The molecule has 0 spiro atoms. The summed E-state index contributed by atoms with van der Waals surface area (Å²) in [6, 6.07) is 12.9. The van der Waals surface area contributed by atoms with E-state index in [4.69, 9.17) is 0 Å². The Bertz CT molecular complexity index is 530. The van der Waals surface area contributed by atoms with Crippen LogP contribution in [0.5, 0.6) is 0 Å². The van der Waals surface area contributed by atoms with Gasteiger partial charge in [-0.25, -0.2) is 0 Å². The predicted octanol–water partition coefficient (Wildman–Crippen LogP) is 3.68. The summed E-state index contributed by atoms with van der Waals surface area (Å²) in [6.45, 7) is 4.41. The molecule has 2 heterocycles. The molecule has 2 aromatic rings. The predicted molar refractivity (Wildman–Crippen MR) is 87.1 cm³/mol. The summed E-state index contributed by atoms with van der Waals surface area (Å²) in [5.41, 5.74) is 3.78. The zero-order chi connectivity index (χ0) is 14.3. The summed E-state index contributed by atoms with van der Waals surface area (Å²) in [6.07, 6.45) is 7.81. The number of anilines is 1. The molecule has 1 aromatic carbocycles. The second-order valence-corrected chi connectivity index (χ2v) is 5.75. The first-order chi connectivity index (χ1) is 10.4. The number of aromatic nitrogens is 1. The molecule has 1 aromatic heterocycles. The summed E-state index contributed by atoms with van der Waals surface area (Å²) in [4.78, 5) is 6.69. The Hall–Kier alpha value is -1.87. The highest BCUT2D eigenvalue weighted by Crippen LogP contribution is 2.15. The van der Waals surface area contributed by atoms with Gasteiger partial charge in [0.15, 0.2) is 0 Å². The lowest BCUT2D eigenvalue weighted by atomic mass is 10.1. The fourth-order valence-electron chi connectivity index (χ4n) is 2.81. The number of hydrogen-bond acceptors (Lipinski definition) is 3. The van der Waals surface area contributed by atoms with Gasteiger partial charge in [0.25, 0.3) is 0 Å². The molecule has 0 radical (unpaired) electrons. The van der Waals surface area contributed by atoms with Crippen LogP contribution in [0.1, 0.15) is 30.4 Å². The lowest BCUT2D eigenvalue weighted by Crippen LogP contribution is -2.29. The Morgan fingerprint density at radius 3 is 2.48 bits per heavy atom. The zero-order valence-corrected chi connectivity index (χ0v) is 12.5. The molecule has 110 valence electrons. The molecule has 1 saturated heterocycles. The largest absolute Gasteiger partial charge is 0.381 e. The molecule has 0 saturated carbocycles. The van der Waals surface area contributed by atoms with Crippen molar-refractivity contribution in [1.82, 2.24) is 9.88 Å². The van der Waals surface area contributed by atoms with E-state index >= 15 is 0 Å². The summed E-state index contributed by atoms with van der Waals surface area (Å²) in [7, 11) is 0. The van der Waals surface area contributed by atoms with E-state index in [-0.39, 0.29) is 0 Å². The van der Waals surface area contributed by atoms with Crippen molar-refractivity contribution >= 4 is 5.69 Å². The van der Waals surface area contributed by atoms with Gasteiger partial charge in [-0.2, -0.15) is 0 Å². The molecule has 0 bridgehead atoms. The molecule has 21 heavy (non-hydrogen) atoms. The first-order valence-electron chi connectivity index (χ1n) is 7.84. The van der Waals surface area contributed by atoms with Crippen LogP contribution in [-0.2, 0) is 13.1 Å². The molecule has 1 fully saturated rings. The second-order valence-electron chi connectivity index (χ2n) is 5.75. The maximum atomic E-state index is 4.13. The van der Waals surface area contributed by atoms with Crippen molar-refractivity contribution in [2.24, 2.45) is 0 Å². The van der Waals surface area contributed by atoms with E-state index in [9.17, 15) is 0 Å². The van der Waals surface area contributed by atoms with E-state index in [1.165, 1.54) is 49.2 Å². The van der Waals surface area contributed by atoms with Crippen molar-refractivity contribution in [3.05, 3.63) is 59.9 Å². The Balaban J connectivity index is 1.51. The molecule has 1 aliphatic rings. The van der Waals surface area contributed by atoms with Gasteiger partial charge in [0, 0.05) is 31.2 Å². The number of piperidine rings is 1. The van der Waals surface area contributed by atoms with Crippen LogP contribution in [-0.4, -0.2) is 23.0 Å². The van der Waals surface area contributed by atoms with Crippen LogP contribution in [0.15, 0.2) is 48.8 Å². The molecular weight excluding hydrogens is 258 g/mol. The third-order valence-electron chi connectivity index (χ3n) is 4.03. The quantitative estimate of drug-likeness (QED) is 0.906. The Labute approximate surface area is 127 Å². The van der Waals surface area contributed by atoms with Gasteiger partial charge in [0.2, 0.25) is 0 Å². The van der Waals surface area contributed by atoms with Crippen LogP contribution in [0.25, 0.3) is 0 Å². The minimum atomic E-state index is 0.819. The van der Waals surface area contributed by atoms with Crippen molar-refractivity contribution in [2.45, 2.75) is 32.4 Å². The van der Waals surface area contributed by atoms with Crippen molar-refractivity contribution in [3.8, 4) is 0 Å². The van der Waals surface area contributed by atoms with Crippen molar-refractivity contribution < 1.29 is 0 Å². The normalized spacial score (nSPS) is 15.8. The van der Waals surface area contributed by atoms with Gasteiger partial charge < -0.3 is 5.32 Å². The van der Waals surface area contributed by atoms with E-state index < -0.39 is 0 Å². The molecule has 1 N–H and O–H groups in total. The molecule has 3 rings (SSSR count). The van der Waals surface area contributed by atoms with Gasteiger partial charge in [-0.1, -0.05) is 24.6 Å². The lowest BCUT2D eigenvalue weighted by molar-refractivity contribution is 0.221. The van der Waals surface area contributed by atoms with E-state index in [1.807, 2.05) is 12.3 Å². The first-order valence-corrected chi connectivity index (χ1v) is 7.84. The van der Waals surface area contributed by atoms with E-state index in [0.717, 1.165) is 13.1 Å². The number of hydrogen-bond donors (Lipinski definition) is 1. The number of likely N-dealkylation sites (tertiary alicyclic amines) is 1. The van der Waals surface area contributed by atoms with Gasteiger partial charge in [-0.05, 0) is 55.3 Å². The SMILES string of the molecule is c1cncc(CNc2ccc(CN3CCCCC3)cc2)c1. The summed E-state index contributed by atoms with van der Waals surface area (Å²) < 4.78 is 0. The molecule has 0 unspecified atom stereocenters. The molecular formula is C18H23N3. The highest BCUT2D eigenvalue weighted by molar-refractivity contribution is 5.45. The number of pyridine rings is 1. The van der Waals surface area contributed by atoms with Gasteiger partial charge in [0.05, 0.1) is 0 Å². The molecule has 0 atom stereocenters. The van der Waals surface area contributed by atoms with E-state index in [1.54, 1.807) is 6.20 Å². The number of nitrogens with one attached hydrogen (secondary N) is 1. The Kier molecular flexibility index (Phi) is 4.85. The smallest absolute Gasteiger partial charge is 0.0416 e. The summed E-state index contributed by atoms with van der Waals surface area (Å²) >= 11 is 0. The van der Waals surface area contributed by atoms with E-state index in [2.05, 4.69) is 45.5 Å². The highest BCUT2D eigenvalue weighted by atomic mass is 15.1. The maximum absolute atomic E-state index is 4.13. The molecule has 3 heteroatoms. The highest BCUT2D eigenvalue weighted by Gasteiger charge is 2.09. The van der Waals surface area contributed by atoms with Crippen LogP contribution in [0, 0.1) is 0 Å². The van der Waals surface area contributed by atoms with Crippen LogP contribution in [0.3, 0.4) is 0 Å². The first kappa shape index (κ1) is 14.1. The Morgan fingerprint density at radius 2 is 1.76 bits per heavy atom. The fraction of sp³-hybridized carbons (Fsp3) is 0.389. The molecule has 0 amide bonds. The van der Waals surface area contributed by atoms with Crippen molar-refractivity contribution in [1.29, 1.82) is 0 Å². The zero-order valence-electron chi connectivity index (χ0n) is 12.5. The molecule has 1 aliphatic heterocycles. The summed E-state index contributed by atoms with van der Waals surface area (Å²) in [5, 5.41) is 3.44. The molecule has 0 aliphatic carbocycles. The second kappa shape index (κ2) is 7.23. The molecule has 3 nitrogen and oxygen atoms in total. The Morgan fingerprint density at radius 1 is 0.952 bits per heavy atom. The van der Waals surface area contributed by atoms with Gasteiger partial charge in [0.1, 0.15) is 0 Å². The average molecular weight is 281 g/mol. The van der Waals surface area contributed by atoms with Gasteiger partial charge >= 0.3 is 0 Å². The van der Waals surface area contributed by atoms with Crippen molar-refractivity contribution in [3.63, 3.8) is 0 Å². The summed E-state index contributed by atoms with van der Waals surface area (Å²) in [5.74, 6) is 0. The van der Waals surface area contributed by atoms with Crippen LogP contribution in [0.2, 0.25) is 0 Å². The van der Waals surface area contributed by atoms with Crippen LogP contribution in [0.4, 0.5) is 5.69 Å².